The highest BCUT2D eigenvalue weighted by Gasteiger charge is 2.13. The molecule has 0 aliphatic carbocycles. The highest BCUT2D eigenvalue weighted by atomic mass is 79.9. The quantitative estimate of drug-likeness (QED) is 0.456. The molecule has 25 heavy (non-hydrogen) atoms. The van der Waals surface area contributed by atoms with Crippen LogP contribution in [-0.4, -0.2) is 13.0 Å². The summed E-state index contributed by atoms with van der Waals surface area (Å²) in [6.07, 6.45) is 0. The van der Waals surface area contributed by atoms with Crippen molar-refractivity contribution in [2.45, 2.75) is 4.90 Å². The van der Waals surface area contributed by atoms with Gasteiger partial charge in [0.15, 0.2) is 0 Å². The van der Waals surface area contributed by atoms with Crippen LogP contribution in [0.1, 0.15) is 0 Å². The maximum atomic E-state index is 11.1. The monoisotopic (exact) mass is 480 g/mol. The Balaban J connectivity index is 2.10. The van der Waals surface area contributed by atoms with Gasteiger partial charge in [-0.05, 0) is 72.8 Å². The lowest BCUT2D eigenvalue weighted by atomic mass is 10.2. The molecule has 0 heterocycles. The van der Waals surface area contributed by atoms with E-state index in [4.69, 9.17) is 0 Å². The molecule has 0 aliphatic heterocycles. The highest BCUT2D eigenvalue weighted by Crippen LogP contribution is 2.35. The molecule has 4 nitrogen and oxygen atoms in total. The molecule has 0 aliphatic rings. The molecule has 7 heteroatoms. The molecule has 0 unspecified atom stereocenters. The van der Waals surface area contributed by atoms with Crippen molar-refractivity contribution in [2.24, 2.45) is 0 Å². The molecular formula is C18H12Br2NO3S-. The van der Waals surface area contributed by atoms with E-state index in [1.54, 1.807) is 12.1 Å². The van der Waals surface area contributed by atoms with Gasteiger partial charge in [-0.2, -0.15) is 0 Å². The largest absolute Gasteiger partial charge is 0.744 e. The molecule has 3 rings (SSSR count). The van der Waals surface area contributed by atoms with Crippen molar-refractivity contribution >= 4 is 59.0 Å². The number of halogens is 2. The van der Waals surface area contributed by atoms with Crippen molar-refractivity contribution in [2.75, 3.05) is 4.90 Å². The van der Waals surface area contributed by atoms with Crippen LogP contribution in [0.25, 0.3) is 0 Å². The Kier molecular flexibility index (Phi) is 5.29. The first-order valence-electron chi connectivity index (χ1n) is 7.22. The van der Waals surface area contributed by atoms with Crippen LogP contribution in [0.15, 0.2) is 86.6 Å². The van der Waals surface area contributed by atoms with Gasteiger partial charge in [0.25, 0.3) is 0 Å². The number of hydrogen-bond acceptors (Lipinski definition) is 4. The van der Waals surface area contributed by atoms with E-state index in [2.05, 4.69) is 31.9 Å². The lowest BCUT2D eigenvalue weighted by Crippen LogP contribution is -2.10. The first-order valence-corrected chi connectivity index (χ1v) is 10.2. The summed E-state index contributed by atoms with van der Waals surface area (Å²) in [5.74, 6) is 0. The minimum absolute atomic E-state index is 0.247. The van der Waals surface area contributed by atoms with E-state index < -0.39 is 10.1 Å². The molecule has 3 aromatic carbocycles. The fourth-order valence-electron chi connectivity index (χ4n) is 2.39. The van der Waals surface area contributed by atoms with Crippen molar-refractivity contribution in [3.8, 4) is 0 Å². The summed E-state index contributed by atoms with van der Waals surface area (Å²) in [6.45, 7) is 0. The summed E-state index contributed by atoms with van der Waals surface area (Å²) in [5.41, 5.74) is 2.56. The second kappa shape index (κ2) is 7.29. The van der Waals surface area contributed by atoms with E-state index in [1.165, 1.54) is 12.1 Å². The summed E-state index contributed by atoms with van der Waals surface area (Å²) < 4.78 is 35.4. The molecule has 0 bridgehead atoms. The second-order valence-corrected chi connectivity index (χ2v) is 8.45. The van der Waals surface area contributed by atoms with E-state index in [-0.39, 0.29) is 4.90 Å². The number of anilines is 3. The third kappa shape index (κ3) is 4.30. The number of nitrogens with zero attached hydrogens (tertiary/aromatic N) is 1. The average Bonchev–Trinajstić information content (AvgIpc) is 2.58. The zero-order valence-corrected chi connectivity index (χ0v) is 16.8. The SMILES string of the molecule is O=S(=O)([O-])c1ccc(N(c2ccc(Br)cc2)c2ccc(Br)cc2)cc1. The molecule has 128 valence electrons. The Labute approximate surface area is 163 Å². The lowest BCUT2D eigenvalue weighted by molar-refractivity contribution is 0.463. The molecule has 0 spiro atoms. The molecule has 0 atom stereocenters. The van der Waals surface area contributed by atoms with Gasteiger partial charge in [-0.25, -0.2) is 8.42 Å². The van der Waals surface area contributed by atoms with E-state index in [0.717, 1.165) is 26.0 Å². The van der Waals surface area contributed by atoms with Gasteiger partial charge in [-0.3, -0.25) is 0 Å². The van der Waals surface area contributed by atoms with Crippen molar-refractivity contribution in [1.29, 1.82) is 0 Å². The molecular weight excluding hydrogens is 470 g/mol. The second-order valence-electron chi connectivity index (χ2n) is 5.24. The topological polar surface area (TPSA) is 60.4 Å². The number of hydrogen-bond donors (Lipinski definition) is 0. The zero-order valence-electron chi connectivity index (χ0n) is 12.8. The third-order valence-corrected chi connectivity index (χ3v) is 5.46. The maximum absolute atomic E-state index is 11.1. The molecule has 0 fully saturated rings. The first kappa shape index (κ1) is 18.1. The van der Waals surface area contributed by atoms with Crippen LogP contribution < -0.4 is 4.90 Å². The van der Waals surface area contributed by atoms with E-state index in [1.807, 2.05) is 53.4 Å². The highest BCUT2D eigenvalue weighted by molar-refractivity contribution is 9.10. The Morgan fingerprint density at radius 1 is 0.640 bits per heavy atom. The summed E-state index contributed by atoms with van der Waals surface area (Å²) in [4.78, 5) is 1.72. The van der Waals surface area contributed by atoms with Crippen molar-refractivity contribution in [1.82, 2.24) is 0 Å². The Hall–Kier alpha value is -1.67. The average molecular weight is 482 g/mol. The van der Waals surface area contributed by atoms with Crippen LogP contribution in [0.5, 0.6) is 0 Å². The van der Waals surface area contributed by atoms with Crippen molar-refractivity contribution < 1.29 is 13.0 Å². The summed E-state index contributed by atoms with van der Waals surface area (Å²) in [7, 11) is -4.47. The smallest absolute Gasteiger partial charge is 0.124 e. The van der Waals surface area contributed by atoms with E-state index >= 15 is 0 Å². The number of rotatable bonds is 4. The van der Waals surface area contributed by atoms with Gasteiger partial charge in [-0.1, -0.05) is 31.9 Å². The zero-order chi connectivity index (χ0) is 18.0. The molecule has 0 N–H and O–H groups in total. The minimum atomic E-state index is -4.47. The summed E-state index contributed by atoms with van der Waals surface area (Å²) in [6, 6.07) is 21.4. The van der Waals surface area contributed by atoms with Gasteiger partial charge in [0.05, 0.1) is 4.90 Å². The Morgan fingerprint density at radius 3 is 1.28 bits per heavy atom. The first-order chi connectivity index (χ1) is 11.8. The van der Waals surface area contributed by atoms with Gasteiger partial charge < -0.3 is 9.45 Å². The Morgan fingerprint density at radius 2 is 0.960 bits per heavy atom. The summed E-state index contributed by atoms with van der Waals surface area (Å²) >= 11 is 6.84. The van der Waals surface area contributed by atoms with Gasteiger partial charge in [0.2, 0.25) is 0 Å². The Bertz CT molecular complexity index is 925. The van der Waals surface area contributed by atoms with E-state index in [0.29, 0.717) is 0 Å². The van der Waals surface area contributed by atoms with Crippen LogP contribution in [0, 0.1) is 0 Å². The van der Waals surface area contributed by atoms with Gasteiger partial charge in [-0.15, -0.1) is 0 Å². The van der Waals surface area contributed by atoms with Crippen molar-refractivity contribution in [3.63, 3.8) is 0 Å². The predicted octanol–water partition coefficient (Wildman–Crippen LogP) is 5.59. The van der Waals surface area contributed by atoms with Gasteiger partial charge in [0.1, 0.15) is 10.1 Å². The third-order valence-electron chi connectivity index (χ3n) is 3.55. The maximum Gasteiger partial charge on any atom is 0.124 e. The molecule has 3 aromatic rings. The van der Waals surface area contributed by atoms with Gasteiger partial charge in [0, 0.05) is 26.0 Å². The fourth-order valence-corrected chi connectivity index (χ4v) is 3.39. The molecule has 0 saturated heterocycles. The lowest BCUT2D eigenvalue weighted by Gasteiger charge is -2.26. The fraction of sp³-hybridized carbons (Fsp3) is 0. The van der Waals surface area contributed by atoms with Crippen LogP contribution in [0.2, 0.25) is 0 Å². The molecule has 0 aromatic heterocycles. The van der Waals surface area contributed by atoms with Crippen LogP contribution in [0.3, 0.4) is 0 Å². The number of benzene rings is 3. The summed E-state index contributed by atoms with van der Waals surface area (Å²) in [5, 5.41) is 0. The van der Waals surface area contributed by atoms with Crippen molar-refractivity contribution in [3.05, 3.63) is 81.7 Å². The van der Waals surface area contributed by atoms with E-state index in [9.17, 15) is 13.0 Å². The van der Waals surface area contributed by atoms with Crippen LogP contribution in [-0.2, 0) is 10.1 Å². The minimum Gasteiger partial charge on any atom is -0.744 e. The van der Waals surface area contributed by atoms with Crippen LogP contribution >= 0.6 is 31.9 Å². The normalized spacial score (nSPS) is 11.3. The standard InChI is InChI=1S/C18H13Br2NO3S/c19-13-1-5-15(6-2-13)21(16-7-3-14(20)4-8-16)17-9-11-18(12-10-17)25(22,23)24/h1-12H,(H,22,23,24)/p-1. The van der Waals surface area contributed by atoms with Gasteiger partial charge >= 0.3 is 0 Å². The van der Waals surface area contributed by atoms with Crippen LogP contribution in [0.4, 0.5) is 17.1 Å². The predicted molar refractivity (Wildman–Crippen MR) is 104 cm³/mol. The molecule has 0 saturated carbocycles. The molecule has 0 radical (unpaired) electrons. The molecule has 0 amide bonds.